The van der Waals surface area contributed by atoms with E-state index in [0.717, 1.165) is 0 Å². The van der Waals surface area contributed by atoms with Gasteiger partial charge in [0.05, 0.1) is 6.42 Å². The highest BCUT2D eigenvalue weighted by Crippen LogP contribution is 2.30. The number of aliphatic imine (C=N–C) groups is 1. The molecular formula is C22H40F3NO4Si4. The number of nitrogens with zero attached hydrogens (tertiary/aromatic N) is 1. The molecule has 0 atom stereocenters. The van der Waals surface area contributed by atoms with E-state index >= 15 is 0 Å². The van der Waals surface area contributed by atoms with Crippen molar-refractivity contribution in [3.05, 3.63) is 35.9 Å². The molecule has 12 heteroatoms. The van der Waals surface area contributed by atoms with Crippen molar-refractivity contribution in [3.63, 3.8) is 0 Å². The van der Waals surface area contributed by atoms with Gasteiger partial charge in [-0.2, -0.15) is 13.2 Å². The smallest absolute Gasteiger partial charge is 0.417 e. The summed E-state index contributed by atoms with van der Waals surface area (Å²) < 4.78 is 60.4. The molecule has 0 aliphatic rings. The van der Waals surface area contributed by atoms with Crippen LogP contribution in [-0.4, -0.2) is 58.0 Å². The van der Waals surface area contributed by atoms with Crippen LogP contribution in [0.2, 0.25) is 65.0 Å². The molecule has 0 bridgehead atoms. The van der Waals surface area contributed by atoms with Gasteiger partial charge >= 0.3 is 15.0 Å². The van der Waals surface area contributed by atoms with Gasteiger partial charge in [0, 0.05) is 18.2 Å². The Labute approximate surface area is 206 Å². The molecule has 34 heavy (non-hydrogen) atoms. The highest BCUT2D eigenvalue weighted by atomic mass is 28.5. The second kappa shape index (κ2) is 11.9. The Morgan fingerprint density at radius 1 is 0.824 bits per heavy atom. The van der Waals surface area contributed by atoms with E-state index in [4.69, 9.17) is 12.3 Å². The second-order valence-electron chi connectivity index (χ2n) is 11.2. The molecular weight excluding hydrogens is 512 g/mol. The normalized spacial score (nSPS) is 14.4. The summed E-state index contributed by atoms with van der Waals surface area (Å²) in [5, 5.41) is 0. The molecule has 0 fully saturated rings. The number of ketones is 1. The van der Waals surface area contributed by atoms with E-state index in [1.165, 1.54) is 12.1 Å². The number of hydrogen-bond donors (Lipinski definition) is 0. The summed E-state index contributed by atoms with van der Waals surface area (Å²) in [6, 6.07) is 8.36. The first-order valence-corrected chi connectivity index (χ1v) is 23.7. The van der Waals surface area contributed by atoms with Crippen LogP contribution in [0, 0.1) is 0 Å². The lowest BCUT2D eigenvalue weighted by molar-refractivity contribution is -0.0604. The molecule has 0 heterocycles. The van der Waals surface area contributed by atoms with E-state index < -0.39 is 57.8 Å². The van der Waals surface area contributed by atoms with Gasteiger partial charge in [-0.05, 0) is 65.3 Å². The Morgan fingerprint density at radius 2 is 1.26 bits per heavy atom. The van der Waals surface area contributed by atoms with Gasteiger partial charge in [0.1, 0.15) is 5.71 Å². The van der Waals surface area contributed by atoms with Crippen LogP contribution in [0.15, 0.2) is 35.3 Å². The van der Waals surface area contributed by atoms with Gasteiger partial charge in [-0.1, -0.05) is 30.3 Å². The molecule has 0 N–H and O–H groups in total. The number of carbonyl (C=O) groups is 1. The van der Waals surface area contributed by atoms with E-state index in [9.17, 15) is 18.0 Å². The first-order valence-electron chi connectivity index (χ1n) is 11.5. The zero-order valence-electron chi connectivity index (χ0n) is 21.9. The van der Waals surface area contributed by atoms with Crippen molar-refractivity contribution in [2.24, 2.45) is 4.99 Å². The van der Waals surface area contributed by atoms with Gasteiger partial charge in [0.25, 0.3) is 0 Å². The molecule has 194 valence electrons. The third kappa shape index (κ3) is 12.7. The SMILES string of the molecule is C[Si](C)(C)O[Si](CCCN=C(CC(=O)c1ccccc1)C(F)(F)F)(O[Si](C)(C)C)O[Si](C)(C)C. The number of alkyl halides is 3. The van der Waals surface area contributed by atoms with Gasteiger partial charge in [-0.3, -0.25) is 9.79 Å². The molecule has 0 radical (unpaired) electrons. The Bertz CT molecular complexity index is 789. The molecule has 0 aliphatic carbocycles. The van der Waals surface area contributed by atoms with Crippen LogP contribution >= 0.6 is 0 Å². The molecule has 0 unspecified atom stereocenters. The molecule has 0 spiro atoms. The number of Topliss-reactive ketones (excluding diaryl/α,β-unsaturated/α-hetero) is 1. The van der Waals surface area contributed by atoms with Gasteiger partial charge in [-0.25, -0.2) is 0 Å². The minimum absolute atomic E-state index is 0.0785. The zero-order valence-corrected chi connectivity index (χ0v) is 25.9. The van der Waals surface area contributed by atoms with Crippen LogP contribution < -0.4 is 0 Å². The molecule has 1 rings (SSSR count). The fourth-order valence-electron chi connectivity index (χ4n) is 3.25. The number of carbonyl (C=O) groups excluding carboxylic acids is 1. The largest absolute Gasteiger partial charge is 0.469 e. The lowest BCUT2D eigenvalue weighted by atomic mass is 10.1. The van der Waals surface area contributed by atoms with Crippen LogP contribution in [0.5, 0.6) is 0 Å². The Balaban J connectivity index is 3.09. The Kier molecular flexibility index (Phi) is 10.9. The molecule has 1 aromatic rings. The van der Waals surface area contributed by atoms with E-state index in [0.29, 0.717) is 12.5 Å². The minimum atomic E-state index is -4.67. The molecule has 1 aromatic carbocycles. The summed E-state index contributed by atoms with van der Waals surface area (Å²) in [6.45, 7) is 18.5. The van der Waals surface area contributed by atoms with Crippen molar-refractivity contribution in [1.82, 2.24) is 0 Å². The lowest BCUT2D eigenvalue weighted by Crippen LogP contribution is -2.60. The van der Waals surface area contributed by atoms with Crippen LogP contribution in [0.1, 0.15) is 23.2 Å². The van der Waals surface area contributed by atoms with Crippen LogP contribution in [0.4, 0.5) is 13.2 Å². The van der Waals surface area contributed by atoms with Gasteiger partial charge in [0.2, 0.25) is 0 Å². The van der Waals surface area contributed by atoms with Crippen molar-refractivity contribution in [2.45, 2.75) is 84.0 Å². The van der Waals surface area contributed by atoms with E-state index in [1.54, 1.807) is 18.2 Å². The Hall–Kier alpha value is -0.902. The highest BCUT2D eigenvalue weighted by Gasteiger charge is 2.49. The highest BCUT2D eigenvalue weighted by molar-refractivity contribution is 6.90. The maximum absolute atomic E-state index is 13.6. The molecule has 0 saturated carbocycles. The number of halogens is 3. The summed E-state index contributed by atoms with van der Waals surface area (Å²) >= 11 is 0. The van der Waals surface area contributed by atoms with Crippen LogP contribution in [0.3, 0.4) is 0 Å². The Morgan fingerprint density at radius 3 is 1.65 bits per heavy atom. The van der Waals surface area contributed by atoms with Crippen molar-refractivity contribution in [2.75, 3.05) is 6.54 Å². The zero-order chi connectivity index (χ0) is 26.4. The third-order valence-corrected chi connectivity index (χ3v) is 16.1. The average molecular weight is 552 g/mol. The maximum Gasteiger partial charge on any atom is 0.469 e. The first-order chi connectivity index (χ1) is 15.2. The van der Waals surface area contributed by atoms with Gasteiger partial charge in [0.15, 0.2) is 30.7 Å². The summed E-state index contributed by atoms with van der Waals surface area (Å²) in [4.78, 5) is 16.2. The second-order valence-corrected chi connectivity index (χ2v) is 28.2. The predicted molar refractivity (Wildman–Crippen MR) is 142 cm³/mol. The molecule has 0 aliphatic heterocycles. The molecule has 0 saturated heterocycles. The fourth-order valence-corrected chi connectivity index (χ4v) is 17.9. The average Bonchev–Trinajstić information content (AvgIpc) is 2.59. The van der Waals surface area contributed by atoms with Crippen LogP contribution in [0.25, 0.3) is 0 Å². The molecule has 0 aromatic heterocycles. The van der Waals surface area contributed by atoms with E-state index in [-0.39, 0.29) is 12.1 Å². The van der Waals surface area contributed by atoms with Crippen molar-refractivity contribution in [1.29, 1.82) is 0 Å². The number of rotatable bonds is 13. The minimum Gasteiger partial charge on any atom is -0.417 e. The standard InChI is InChI=1S/C22H40F3NO4Si4/c1-31(2,3)28-34(29-32(4,5)6,30-33(7,8)9)17-13-16-26-21(22(23,24)25)18-20(27)19-14-11-10-12-15-19/h10-12,14-15H,13,16-18H2,1-9H3. The van der Waals surface area contributed by atoms with Crippen molar-refractivity contribution >= 4 is 45.3 Å². The lowest BCUT2D eigenvalue weighted by Gasteiger charge is -2.42. The van der Waals surface area contributed by atoms with Gasteiger partial charge in [-0.15, -0.1) is 0 Å². The number of benzene rings is 1. The fraction of sp³-hybridized carbons (Fsp3) is 0.636. The van der Waals surface area contributed by atoms with Crippen molar-refractivity contribution in [3.8, 4) is 0 Å². The van der Waals surface area contributed by atoms with Gasteiger partial charge < -0.3 is 12.3 Å². The first kappa shape index (κ1) is 31.1. The quantitative estimate of drug-likeness (QED) is 0.113. The van der Waals surface area contributed by atoms with E-state index in [1.807, 2.05) is 0 Å². The summed E-state index contributed by atoms with van der Waals surface area (Å²) in [6.07, 6.45) is -5.12. The summed E-state index contributed by atoms with van der Waals surface area (Å²) in [7, 11) is -9.34. The van der Waals surface area contributed by atoms with Crippen molar-refractivity contribution < 1.29 is 30.3 Å². The van der Waals surface area contributed by atoms with E-state index in [2.05, 4.69) is 63.9 Å². The molecule has 0 amide bonds. The summed E-state index contributed by atoms with van der Waals surface area (Å²) in [5.41, 5.74) is -0.821. The predicted octanol–water partition coefficient (Wildman–Crippen LogP) is 7.15. The summed E-state index contributed by atoms with van der Waals surface area (Å²) in [5.74, 6) is -0.605. The van der Waals surface area contributed by atoms with Crippen LogP contribution in [-0.2, 0) is 12.3 Å². The molecule has 5 nitrogen and oxygen atoms in total. The third-order valence-electron chi connectivity index (χ3n) is 4.08. The topological polar surface area (TPSA) is 57.1 Å². The monoisotopic (exact) mass is 551 g/mol. The number of hydrogen-bond acceptors (Lipinski definition) is 5. The maximum atomic E-state index is 13.6.